The Bertz CT molecular complexity index is 565. The van der Waals surface area contributed by atoms with Gasteiger partial charge in [-0.2, -0.15) is 0 Å². The molecule has 0 bridgehead atoms. The van der Waals surface area contributed by atoms with Crippen molar-refractivity contribution in [3.05, 3.63) is 71.3 Å². The summed E-state index contributed by atoms with van der Waals surface area (Å²) in [4.78, 5) is 2.62. The fraction of sp³-hybridized carbons (Fsp3) is 0.368. The molecule has 2 heteroatoms. The van der Waals surface area contributed by atoms with Crippen molar-refractivity contribution < 1.29 is 0 Å². The maximum atomic E-state index is 3.37. The highest BCUT2D eigenvalue weighted by Crippen LogP contribution is 2.26. The molecule has 0 radical (unpaired) electrons. The van der Waals surface area contributed by atoms with Gasteiger partial charge in [0, 0.05) is 19.1 Å². The predicted molar refractivity (Wildman–Crippen MR) is 88.3 cm³/mol. The Morgan fingerprint density at radius 2 is 1.71 bits per heavy atom. The van der Waals surface area contributed by atoms with E-state index in [1.807, 2.05) is 7.05 Å². The van der Waals surface area contributed by atoms with Crippen molar-refractivity contribution in [2.45, 2.75) is 25.4 Å². The molecule has 0 spiro atoms. The van der Waals surface area contributed by atoms with Crippen molar-refractivity contribution in [3.8, 4) is 0 Å². The summed E-state index contributed by atoms with van der Waals surface area (Å²) in [6, 6.07) is 20.2. The highest BCUT2D eigenvalue weighted by Gasteiger charge is 2.22. The molecule has 3 rings (SSSR count). The molecule has 1 heterocycles. The number of nitrogens with one attached hydrogen (secondary N) is 1. The number of hydrogen-bond acceptors (Lipinski definition) is 2. The van der Waals surface area contributed by atoms with Crippen LogP contribution in [0.2, 0.25) is 0 Å². The minimum absolute atomic E-state index is 0.447. The van der Waals surface area contributed by atoms with E-state index in [4.69, 9.17) is 0 Å². The third-order valence-electron chi connectivity index (χ3n) is 4.41. The van der Waals surface area contributed by atoms with Crippen molar-refractivity contribution in [2.24, 2.45) is 0 Å². The predicted octanol–water partition coefficient (Wildman–Crippen LogP) is 3.40. The molecule has 0 aromatic heterocycles. The monoisotopic (exact) mass is 280 g/mol. The number of nitrogens with zero attached hydrogens (tertiary/aromatic N) is 1. The highest BCUT2D eigenvalue weighted by molar-refractivity contribution is 5.29. The number of hydrogen-bond donors (Lipinski definition) is 1. The van der Waals surface area contributed by atoms with Gasteiger partial charge in [0.05, 0.1) is 0 Å². The van der Waals surface area contributed by atoms with Gasteiger partial charge < -0.3 is 5.32 Å². The van der Waals surface area contributed by atoms with Crippen molar-refractivity contribution in [1.29, 1.82) is 0 Å². The first kappa shape index (κ1) is 14.3. The summed E-state index contributed by atoms with van der Waals surface area (Å²) in [7, 11) is 2.04. The Labute approximate surface area is 127 Å². The molecule has 1 aliphatic heterocycles. The second kappa shape index (κ2) is 6.88. The summed E-state index contributed by atoms with van der Waals surface area (Å²) in [6.45, 7) is 3.21. The number of benzene rings is 2. The van der Waals surface area contributed by atoms with Gasteiger partial charge in [0.25, 0.3) is 0 Å². The van der Waals surface area contributed by atoms with Gasteiger partial charge in [0.15, 0.2) is 0 Å². The van der Waals surface area contributed by atoms with Crippen molar-refractivity contribution in [1.82, 2.24) is 10.2 Å². The van der Waals surface area contributed by atoms with Crippen LogP contribution in [0.25, 0.3) is 0 Å². The number of rotatable bonds is 4. The summed E-state index contributed by atoms with van der Waals surface area (Å²) in [5, 5.41) is 3.37. The second-order valence-electron chi connectivity index (χ2n) is 5.83. The van der Waals surface area contributed by atoms with Crippen LogP contribution < -0.4 is 5.32 Å². The molecule has 0 amide bonds. The molecular weight excluding hydrogens is 256 g/mol. The quantitative estimate of drug-likeness (QED) is 0.923. The van der Waals surface area contributed by atoms with E-state index in [0.29, 0.717) is 6.04 Å². The number of aryl methyl sites for hydroxylation is 1. The average molecular weight is 280 g/mol. The molecule has 2 aromatic rings. The summed E-state index contributed by atoms with van der Waals surface area (Å²) in [5.41, 5.74) is 4.43. The largest absolute Gasteiger partial charge is 0.318 e. The van der Waals surface area contributed by atoms with Gasteiger partial charge in [-0.1, -0.05) is 54.6 Å². The molecular formula is C19H24N2. The lowest BCUT2D eigenvalue weighted by atomic mass is 10.0. The summed E-state index contributed by atoms with van der Waals surface area (Å²) in [6.07, 6.45) is 2.44. The van der Waals surface area contributed by atoms with E-state index >= 15 is 0 Å². The first-order chi connectivity index (χ1) is 10.4. The van der Waals surface area contributed by atoms with Gasteiger partial charge in [0.1, 0.15) is 0 Å². The van der Waals surface area contributed by atoms with Crippen LogP contribution in [-0.4, -0.2) is 25.0 Å². The van der Waals surface area contributed by atoms with E-state index in [2.05, 4.69) is 64.8 Å². The maximum Gasteiger partial charge on any atom is 0.0476 e. The lowest BCUT2D eigenvalue weighted by molar-refractivity contribution is 0.189. The van der Waals surface area contributed by atoms with E-state index in [-0.39, 0.29) is 0 Å². The fourth-order valence-corrected chi connectivity index (χ4v) is 3.32. The molecule has 2 nitrogen and oxygen atoms in total. The Hall–Kier alpha value is -1.64. The molecule has 0 aliphatic carbocycles. The van der Waals surface area contributed by atoms with E-state index in [1.165, 1.54) is 29.5 Å². The molecule has 1 atom stereocenters. The van der Waals surface area contributed by atoms with E-state index in [0.717, 1.165) is 19.6 Å². The Kier molecular flexibility index (Phi) is 4.69. The van der Waals surface area contributed by atoms with Crippen molar-refractivity contribution >= 4 is 0 Å². The second-order valence-corrected chi connectivity index (χ2v) is 5.83. The topological polar surface area (TPSA) is 15.3 Å². The molecule has 1 unspecified atom stereocenters. The summed E-state index contributed by atoms with van der Waals surface area (Å²) < 4.78 is 0. The zero-order valence-corrected chi connectivity index (χ0v) is 12.8. The normalized spacial score (nSPS) is 17.0. The molecule has 0 saturated heterocycles. The third kappa shape index (κ3) is 3.34. The van der Waals surface area contributed by atoms with Crippen LogP contribution in [-0.2, 0) is 13.0 Å². The molecule has 110 valence electrons. The van der Waals surface area contributed by atoms with Crippen LogP contribution in [0.15, 0.2) is 54.6 Å². The van der Waals surface area contributed by atoms with Crippen LogP contribution in [0.3, 0.4) is 0 Å². The Morgan fingerprint density at radius 3 is 2.48 bits per heavy atom. The Balaban J connectivity index is 1.86. The summed E-state index contributed by atoms with van der Waals surface area (Å²) >= 11 is 0. The minimum atomic E-state index is 0.447. The highest BCUT2D eigenvalue weighted by atomic mass is 15.2. The first-order valence-corrected chi connectivity index (χ1v) is 7.89. The fourth-order valence-electron chi connectivity index (χ4n) is 3.32. The third-order valence-corrected chi connectivity index (χ3v) is 4.41. The zero-order valence-electron chi connectivity index (χ0n) is 12.8. The van der Waals surface area contributed by atoms with Crippen LogP contribution in [0.5, 0.6) is 0 Å². The van der Waals surface area contributed by atoms with E-state index < -0.39 is 0 Å². The molecule has 0 fully saturated rings. The van der Waals surface area contributed by atoms with Gasteiger partial charge >= 0.3 is 0 Å². The van der Waals surface area contributed by atoms with Crippen LogP contribution in [0.1, 0.15) is 29.2 Å². The standard InChI is InChI=1S/C19H24N2/c1-20-14-19(17-9-3-2-4-10-17)21-13-7-12-16-8-5-6-11-18(16)15-21/h2-6,8-11,19-20H,7,12-15H2,1H3. The van der Waals surface area contributed by atoms with Gasteiger partial charge in [-0.25, -0.2) is 0 Å². The molecule has 1 N–H and O–H groups in total. The molecule has 2 aromatic carbocycles. The van der Waals surface area contributed by atoms with Gasteiger partial charge in [-0.15, -0.1) is 0 Å². The number of likely N-dealkylation sites (N-methyl/N-ethyl adjacent to an activating group) is 1. The minimum Gasteiger partial charge on any atom is -0.318 e. The van der Waals surface area contributed by atoms with Crippen LogP contribution >= 0.6 is 0 Å². The zero-order chi connectivity index (χ0) is 14.5. The van der Waals surface area contributed by atoms with Crippen LogP contribution in [0.4, 0.5) is 0 Å². The van der Waals surface area contributed by atoms with Crippen molar-refractivity contribution in [2.75, 3.05) is 20.1 Å². The van der Waals surface area contributed by atoms with Gasteiger partial charge in [-0.3, -0.25) is 4.90 Å². The molecule has 21 heavy (non-hydrogen) atoms. The van der Waals surface area contributed by atoms with Crippen LogP contribution in [0, 0.1) is 0 Å². The lowest BCUT2D eigenvalue weighted by Gasteiger charge is -2.31. The molecule has 1 aliphatic rings. The first-order valence-electron chi connectivity index (χ1n) is 7.89. The summed E-state index contributed by atoms with van der Waals surface area (Å²) in [5.74, 6) is 0. The average Bonchev–Trinajstić information content (AvgIpc) is 2.75. The van der Waals surface area contributed by atoms with Crippen molar-refractivity contribution in [3.63, 3.8) is 0 Å². The molecule has 0 saturated carbocycles. The van der Waals surface area contributed by atoms with Gasteiger partial charge in [0.2, 0.25) is 0 Å². The Morgan fingerprint density at radius 1 is 1.00 bits per heavy atom. The lowest BCUT2D eigenvalue weighted by Crippen LogP contribution is -2.34. The van der Waals surface area contributed by atoms with Gasteiger partial charge in [-0.05, 0) is 43.1 Å². The van der Waals surface area contributed by atoms with E-state index in [1.54, 1.807) is 0 Å². The number of fused-ring (bicyclic) bond motifs is 1. The maximum absolute atomic E-state index is 3.37. The SMILES string of the molecule is CNCC(c1ccccc1)N1CCCc2ccccc2C1. The van der Waals surface area contributed by atoms with E-state index in [9.17, 15) is 0 Å². The smallest absolute Gasteiger partial charge is 0.0476 e.